The quantitative estimate of drug-likeness (QED) is 0.631. The second-order valence-corrected chi connectivity index (χ2v) is 7.12. The zero-order valence-electron chi connectivity index (χ0n) is 17.1. The summed E-state index contributed by atoms with van der Waals surface area (Å²) >= 11 is 0. The van der Waals surface area contributed by atoms with Gasteiger partial charge >= 0.3 is 0 Å². The van der Waals surface area contributed by atoms with Gasteiger partial charge in [0.2, 0.25) is 0 Å². The van der Waals surface area contributed by atoms with E-state index in [-0.39, 0.29) is 5.91 Å². The number of aromatic amines is 1. The number of para-hydroxylation sites is 1. The number of carbonyl (C=O) groups excluding carboxylic acids is 1. The van der Waals surface area contributed by atoms with Crippen molar-refractivity contribution >= 4 is 29.0 Å². The van der Waals surface area contributed by atoms with Crippen LogP contribution in [0.3, 0.4) is 0 Å². The number of rotatable bonds is 7. The van der Waals surface area contributed by atoms with Crippen LogP contribution in [0.4, 0.5) is 0 Å². The van der Waals surface area contributed by atoms with Gasteiger partial charge in [0.1, 0.15) is 12.4 Å². The normalized spacial score (nSPS) is 15.0. The van der Waals surface area contributed by atoms with E-state index in [2.05, 4.69) is 20.4 Å². The van der Waals surface area contributed by atoms with Crippen LogP contribution in [0.2, 0.25) is 0 Å². The SMILES string of the molecule is CNC(=O)c1cc(C=Cc2n[nH]c3ccccc23)ccc1OCCN1CCOCC1. The van der Waals surface area contributed by atoms with Crippen molar-refractivity contribution in [2.75, 3.05) is 46.5 Å². The fraction of sp³-hybridized carbons (Fsp3) is 0.304. The summed E-state index contributed by atoms with van der Waals surface area (Å²) in [4.78, 5) is 14.7. The van der Waals surface area contributed by atoms with Crippen LogP contribution in [0.5, 0.6) is 5.75 Å². The van der Waals surface area contributed by atoms with Crippen molar-refractivity contribution in [3.63, 3.8) is 0 Å². The van der Waals surface area contributed by atoms with Crippen LogP contribution in [0.25, 0.3) is 23.1 Å². The molecule has 30 heavy (non-hydrogen) atoms. The molecule has 0 aliphatic carbocycles. The Labute approximate surface area is 175 Å². The molecule has 1 saturated heterocycles. The van der Waals surface area contributed by atoms with Crippen LogP contribution in [0.1, 0.15) is 21.6 Å². The highest BCUT2D eigenvalue weighted by Gasteiger charge is 2.14. The average molecular weight is 406 g/mol. The van der Waals surface area contributed by atoms with Gasteiger partial charge in [-0.25, -0.2) is 0 Å². The van der Waals surface area contributed by atoms with Gasteiger partial charge in [-0.3, -0.25) is 14.8 Å². The van der Waals surface area contributed by atoms with E-state index in [4.69, 9.17) is 9.47 Å². The molecular weight excluding hydrogens is 380 g/mol. The maximum atomic E-state index is 12.4. The smallest absolute Gasteiger partial charge is 0.254 e. The number of morpholine rings is 1. The number of fused-ring (bicyclic) bond motifs is 1. The molecule has 0 atom stereocenters. The molecule has 2 N–H and O–H groups in total. The van der Waals surface area contributed by atoms with Crippen molar-refractivity contribution in [2.45, 2.75) is 0 Å². The van der Waals surface area contributed by atoms with E-state index < -0.39 is 0 Å². The highest BCUT2D eigenvalue weighted by Crippen LogP contribution is 2.23. The highest BCUT2D eigenvalue weighted by atomic mass is 16.5. The molecule has 1 fully saturated rings. The van der Waals surface area contributed by atoms with Crippen molar-refractivity contribution in [1.82, 2.24) is 20.4 Å². The molecule has 7 heteroatoms. The van der Waals surface area contributed by atoms with Crippen LogP contribution in [0.15, 0.2) is 42.5 Å². The van der Waals surface area contributed by atoms with Crippen LogP contribution >= 0.6 is 0 Å². The Kier molecular flexibility index (Phi) is 6.41. The van der Waals surface area contributed by atoms with Crippen molar-refractivity contribution in [2.24, 2.45) is 0 Å². The van der Waals surface area contributed by atoms with Gasteiger partial charge in [-0.2, -0.15) is 5.10 Å². The molecule has 1 aliphatic rings. The number of aromatic nitrogens is 2. The summed E-state index contributed by atoms with van der Waals surface area (Å²) in [7, 11) is 1.62. The Bertz CT molecular complexity index is 1040. The van der Waals surface area contributed by atoms with Gasteiger partial charge in [0, 0.05) is 32.1 Å². The molecule has 156 valence electrons. The van der Waals surface area contributed by atoms with Gasteiger partial charge in [0.05, 0.1) is 30.0 Å². The predicted octanol–water partition coefficient (Wildman–Crippen LogP) is 2.80. The Morgan fingerprint density at radius 1 is 1.23 bits per heavy atom. The van der Waals surface area contributed by atoms with Crippen LogP contribution in [-0.4, -0.2) is 67.5 Å². The number of benzene rings is 2. The summed E-state index contributed by atoms with van der Waals surface area (Å²) in [6.07, 6.45) is 3.90. The number of nitrogens with one attached hydrogen (secondary N) is 2. The monoisotopic (exact) mass is 406 g/mol. The van der Waals surface area contributed by atoms with Gasteiger partial charge in [-0.05, 0) is 29.8 Å². The molecule has 1 aliphatic heterocycles. The van der Waals surface area contributed by atoms with Crippen molar-refractivity contribution in [1.29, 1.82) is 0 Å². The fourth-order valence-electron chi connectivity index (χ4n) is 3.49. The molecule has 1 amide bonds. The molecule has 0 saturated carbocycles. The number of amides is 1. The Morgan fingerprint density at radius 3 is 2.90 bits per heavy atom. The standard InChI is InChI=1S/C23H26N4O3/c1-24-23(28)19-16-17(6-8-21-18-4-2-3-5-20(18)25-26-21)7-9-22(19)30-15-12-27-10-13-29-14-11-27/h2-9,16H,10-15H2,1H3,(H,24,28)(H,25,26). The first-order valence-electron chi connectivity index (χ1n) is 10.1. The predicted molar refractivity (Wildman–Crippen MR) is 118 cm³/mol. The van der Waals surface area contributed by atoms with E-state index in [1.54, 1.807) is 7.05 Å². The first kappa shape index (κ1) is 20.1. The molecule has 2 heterocycles. The lowest BCUT2D eigenvalue weighted by Gasteiger charge is -2.26. The molecular formula is C23H26N4O3. The number of hydrogen-bond acceptors (Lipinski definition) is 5. The minimum absolute atomic E-state index is 0.170. The lowest BCUT2D eigenvalue weighted by atomic mass is 10.1. The number of H-pyrrole nitrogens is 1. The van der Waals surface area contributed by atoms with Crippen LogP contribution in [-0.2, 0) is 4.74 Å². The Morgan fingerprint density at radius 2 is 2.07 bits per heavy atom. The van der Waals surface area contributed by atoms with E-state index in [0.717, 1.165) is 55.0 Å². The molecule has 2 aromatic carbocycles. The topological polar surface area (TPSA) is 79.5 Å². The number of ether oxygens (including phenoxy) is 2. The molecule has 7 nitrogen and oxygen atoms in total. The van der Waals surface area contributed by atoms with E-state index >= 15 is 0 Å². The van der Waals surface area contributed by atoms with Crippen LogP contribution < -0.4 is 10.1 Å². The highest BCUT2D eigenvalue weighted by molar-refractivity contribution is 5.97. The largest absolute Gasteiger partial charge is 0.491 e. The maximum Gasteiger partial charge on any atom is 0.254 e. The summed E-state index contributed by atoms with van der Waals surface area (Å²) in [5, 5.41) is 11.1. The second-order valence-electron chi connectivity index (χ2n) is 7.12. The molecule has 4 rings (SSSR count). The lowest BCUT2D eigenvalue weighted by molar-refractivity contribution is 0.0322. The lowest BCUT2D eigenvalue weighted by Crippen LogP contribution is -2.38. The van der Waals surface area contributed by atoms with E-state index in [9.17, 15) is 4.79 Å². The maximum absolute atomic E-state index is 12.4. The molecule has 0 unspecified atom stereocenters. The van der Waals surface area contributed by atoms with Crippen molar-refractivity contribution < 1.29 is 14.3 Å². The number of nitrogens with zero attached hydrogens (tertiary/aromatic N) is 2. The van der Waals surface area contributed by atoms with E-state index in [1.165, 1.54) is 0 Å². The minimum Gasteiger partial charge on any atom is -0.491 e. The van der Waals surface area contributed by atoms with Gasteiger partial charge in [-0.1, -0.05) is 30.3 Å². The van der Waals surface area contributed by atoms with Gasteiger partial charge in [0.15, 0.2) is 0 Å². The molecule has 0 bridgehead atoms. The van der Waals surface area contributed by atoms with Gasteiger partial charge < -0.3 is 14.8 Å². The molecule has 3 aromatic rings. The first-order valence-corrected chi connectivity index (χ1v) is 10.1. The van der Waals surface area contributed by atoms with Gasteiger partial charge in [-0.15, -0.1) is 0 Å². The Balaban J connectivity index is 1.48. The van der Waals surface area contributed by atoms with Crippen molar-refractivity contribution in [3.8, 4) is 5.75 Å². The van der Waals surface area contributed by atoms with Crippen molar-refractivity contribution in [3.05, 3.63) is 59.3 Å². The zero-order valence-corrected chi connectivity index (χ0v) is 17.1. The van der Waals surface area contributed by atoms with Gasteiger partial charge in [0.25, 0.3) is 5.91 Å². The zero-order chi connectivity index (χ0) is 20.8. The average Bonchev–Trinajstić information content (AvgIpc) is 3.21. The molecule has 1 aromatic heterocycles. The summed E-state index contributed by atoms with van der Waals surface area (Å²) in [5.74, 6) is 0.418. The summed E-state index contributed by atoms with van der Waals surface area (Å²) < 4.78 is 11.3. The summed E-state index contributed by atoms with van der Waals surface area (Å²) in [5.41, 5.74) is 3.28. The Hall–Kier alpha value is -3.16. The van der Waals surface area contributed by atoms with E-state index in [1.807, 2.05) is 54.6 Å². The fourth-order valence-corrected chi connectivity index (χ4v) is 3.49. The first-order chi connectivity index (χ1) is 14.7. The molecule has 0 spiro atoms. The number of carbonyl (C=O) groups is 1. The third-order valence-corrected chi connectivity index (χ3v) is 5.18. The second kappa shape index (κ2) is 9.56. The third-order valence-electron chi connectivity index (χ3n) is 5.18. The van der Waals surface area contributed by atoms with E-state index in [0.29, 0.717) is 17.9 Å². The number of hydrogen-bond donors (Lipinski definition) is 2. The van der Waals surface area contributed by atoms with Crippen LogP contribution in [0, 0.1) is 0 Å². The minimum atomic E-state index is -0.170. The molecule has 0 radical (unpaired) electrons. The third kappa shape index (κ3) is 4.69. The summed E-state index contributed by atoms with van der Waals surface area (Å²) in [6, 6.07) is 13.6. The summed E-state index contributed by atoms with van der Waals surface area (Å²) in [6.45, 7) is 4.68.